The number of allylic oxidation sites excluding steroid dienone is 1. The molecule has 0 aromatic heterocycles. The second-order valence-corrected chi connectivity index (χ2v) is 12.1. The molecule has 3 saturated heterocycles. The zero-order valence-electron chi connectivity index (χ0n) is 23.3. The quantitative estimate of drug-likeness (QED) is 0.282. The number of hydrogen-bond acceptors (Lipinski definition) is 11. The summed E-state index contributed by atoms with van der Waals surface area (Å²) >= 11 is 0. The minimum atomic E-state index is -1.43. The van der Waals surface area contributed by atoms with Crippen molar-refractivity contribution in [2.45, 2.75) is 115 Å². The first-order chi connectivity index (χ1) is 18.1. The van der Waals surface area contributed by atoms with Crippen LogP contribution in [-0.4, -0.2) is 77.0 Å². The first-order valence-corrected chi connectivity index (χ1v) is 13.5. The monoisotopic (exact) mass is 548 g/mol. The SMILES string of the molecule is CCCC(=O)O[C@H]1C[C@@]2(C)O[C@H]2[C@@H]2OC(=O)[C@]3(C)O[C@]23[C@@H](OC(C)=O)[C@H]2[C@@H](C)C(=O)C=C[C@]2(C)[C@H]1OC(C)=O. The van der Waals surface area contributed by atoms with Crippen LogP contribution in [0.1, 0.15) is 67.7 Å². The van der Waals surface area contributed by atoms with Crippen LogP contribution in [0, 0.1) is 17.3 Å². The summed E-state index contributed by atoms with van der Waals surface area (Å²) in [5.74, 6) is -4.18. The highest BCUT2D eigenvalue weighted by Gasteiger charge is 2.91. The number of fused-ring (bicyclic) bond motifs is 3. The highest BCUT2D eigenvalue weighted by molar-refractivity contribution is 5.93. The molecule has 0 radical (unpaired) electrons. The van der Waals surface area contributed by atoms with Gasteiger partial charge in [0.25, 0.3) is 0 Å². The van der Waals surface area contributed by atoms with Gasteiger partial charge in [-0.05, 0) is 26.3 Å². The molecule has 11 atom stereocenters. The summed E-state index contributed by atoms with van der Waals surface area (Å²) < 4.78 is 36.0. The number of carbonyl (C=O) groups excluding carboxylic acids is 5. The Labute approximate surface area is 226 Å². The Hall–Kier alpha value is -2.79. The summed E-state index contributed by atoms with van der Waals surface area (Å²) in [5, 5.41) is 0. The lowest BCUT2D eigenvalue weighted by molar-refractivity contribution is -0.197. The van der Waals surface area contributed by atoms with Gasteiger partial charge in [-0.15, -0.1) is 0 Å². The molecule has 0 bridgehead atoms. The molecule has 0 aromatic rings. The molecule has 0 amide bonds. The van der Waals surface area contributed by atoms with E-state index in [0.29, 0.717) is 6.42 Å². The summed E-state index contributed by atoms with van der Waals surface area (Å²) in [6.07, 6.45) is -0.970. The Morgan fingerprint density at radius 2 is 1.64 bits per heavy atom. The third-order valence-electron chi connectivity index (χ3n) is 9.28. The Bertz CT molecular complexity index is 1160. The second kappa shape index (κ2) is 8.86. The third kappa shape index (κ3) is 3.95. The number of epoxide rings is 2. The molecule has 5 aliphatic rings. The standard InChI is InChI=1S/C28H36O11/c1-8-9-18(32)36-17-12-26(6)22(38-26)23-28(27(7,39-28)24(33)37-23)21(35-15(4)30)19-13(2)16(31)10-11-25(19,5)20(17)34-14(3)29/h10-11,13,17,19-23H,8-9,12H2,1-7H3/t13-,17-,19+,20-,21-,22-,23-,25-,26+,27-,28+/m0/s1. The number of ether oxygens (including phenoxy) is 6. The van der Waals surface area contributed by atoms with E-state index in [2.05, 4.69) is 0 Å². The van der Waals surface area contributed by atoms with Crippen molar-refractivity contribution in [3.8, 4) is 0 Å². The van der Waals surface area contributed by atoms with Crippen LogP contribution in [0.2, 0.25) is 0 Å². The summed E-state index contributed by atoms with van der Waals surface area (Å²) in [7, 11) is 0. The fourth-order valence-corrected chi connectivity index (χ4v) is 7.28. The van der Waals surface area contributed by atoms with Gasteiger partial charge in [0, 0.05) is 43.9 Å². The van der Waals surface area contributed by atoms with Crippen LogP contribution < -0.4 is 0 Å². The fourth-order valence-electron chi connectivity index (χ4n) is 7.28. The topological polar surface area (TPSA) is 147 Å². The predicted octanol–water partition coefficient (Wildman–Crippen LogP) is 1.97. The molecule has 11 nitrogen and oxygen atoms in total. The highest BCUT2D eigenvalue weighted by Crippen LogP contribution is 2.68. The van der Waals surface area contributed by atoms with Crippen LogP contribution in [0.5, 0.6) is 0 Å². The molecule has 3 aliphatic heterocycles. The molecule has 39 heavy (non-hydrogen) atoms. The molecule has 1 saturated carbocycles. The summed E-state index contributed by atoms with van der Waals surface area (Å²) in [6, 6.07) is 0. The molecule has 0 aromatic carbocycles. The van der Waals surface area contributed by atoms with E-state index in [4.69, 9.17) is 28.4 Å². The Morgan fingerprint density at radius 1 is 1.00 bits per heavy atom. The number of esters is 4. The van der Waals surface area contributed by atoms with Crippen molar-refractivity contribution in [3.63, 3.8) is 0 Å². The summed E-state index contributed by atoms with van der Waals surface area (Å²) in [5.41, 5.74) is -5.00. The number of rotatable bonds is 5. The van der Waals surface area contributed by atoms with Gasteiger partial charge in [-0.25, -0.2) is 4.79 Å². The van der Waals surface area contributed by atoms with Crippen LogP contribution in [0.4, 0.5) is 0 Å². The van der Waals surface area contributed by atoms with Crippen molar-refractivity contribution in [1.82, 2.24) is 0 Å². The average molecular weight is 549 g/mol. The second-order valence-electron chi connectivity index (χ2n) is 12.1. The van der Waals surface area contributed by atoms with Crippen molar-refractivity contribution in [2.75, 3.05) is 0 Å². The van der Waals surface area contributed by atoms with E-state index in [1.165, 1.54) is 19.9 Å². The molecular formula is C28H36O11. The number of carbonyl (C=O) groups is 5. The van der Waals surface area contributed by atoms with Gasteiger partial charge in [-0.3, -0.25) is 19.2 Å². The third-order valence-corrected chi connectivity index (χ3v) is 9.28. The highest BCUT2D eigenvalue weighted by atomic mass is 16.8. The maximum Gasteiger partial charge on any atom is 0.342 e. The Balaban J connectivity index is 1.73. The first-order valence-electron chi connectivity index (χ1n) is 13.5. The van der Waals surface area contributed by atoms with Crippen LogP contribution in [-0.2, 0) is 52.4 Å². The molecule has 11 heteroatoms. The van der Waals surface area contributed by atoms with E-state index in [0.717, 1.165) is 0 Å². The molecule has 0 unspecified atom stereocenters. The van der Waals surface area contributed by atoms with Gasteiger partial charge in [0.1, 0.15) is 24.4 Å². The maximum atomic E-state index is 13.1. The van der Waals surface area contributed by atoms with E-state index in [1.807, 2.05) is 6.92 Å². The van der Waals surface area contributed by atoms with Crippen LogP contribution in [0.3, 0.4) is 0 Å². The molecule has 0 N–H and O–H groups in total. The van der Waals surface area contributed by atoms with Gasteiger partial charge in [0.15, 0.2) is 23.1 Å². The molecule has 2 aliphatic carbocycles. The van der Waals surface area contributed by atoms with Crippen LogP contribution >= 0.6 is 0 Å². The van der Waals surface area contributed by atoms with E-state index in [-0.39, 0.29) is 18.6 Å². The Morgan fingerprint density at radius 3 is 2.23 bits per heavy atom. The zero-order valence-corrected chi connectivity index (χ0v) is 23.3. The predicted molar refractivity (Wildman–Crippen MR) is 131 cm³/mol. The van der Waals surface area contributed by atoms with Gasteiger partial charge in [0.05, 0.1) is 5.60 Å². The lowest BCUT2D eigenvalue weighted by Gasteiger charge is -2.51. The molecule has 3 heterocycles. The largest absolute Gasteiger partial charge is 0.459 e. The lowest BCUT2D eigenvalue weighted by atomic mass is 9.56. The smallest absolute Gasteiger partial charge is 0.342 e. The molecular weight excluding hydrogens is 512 g/mol. The van der Waals surface area contributed by atoms with Crippen molar-refractivity contribution in [3.05, 3.63) is 12.2 Å². The Kier molecular flexibility index (Phi) is 6.31. The van der Waals surface area contributed by atoms with Gasteiger partial charge in [0.2, 0.25) is 0 Å². The molecule has 214 valence electrons. The van der Waals surface area contributed by atoms with E-state index in [1.54, 1.807) is 33.8 Å². The summed E-state index contributed by atoms with van der Waals surface area (Å²) in [6.45, 7) is 11.2. The van der Waals surface area contributed by atoms with Crippen LogP contribution in [0.15, 0.2) is 12.2 Å². The molecule has 4 fully saturated rings. The van der Waals surface area contributed by atoms with E-state index < -0.39 is 88.5 Å². The van der Waals surface area contributed by atoms with Crippen molar-refractivity contribution in [2.24, 2.45) is 17.3 Å². The van der Waals surface area contributed by atoms with Gasteiger partial charge in [-0.2, -0.15) is 0 Å². The van der Waals surface area contributed by atoms with E-state index >= 15 is 0 Å². The zero-order chi connectivity index (χ0) is 28.7. The minimum Gasteiger partial charge on any atom is -0.459 e. The normalized spacial score (nSPS) is 47.4. The van der Waals surface area contributed by atoms with Gasteiger partial charge in [-0.1, -0.05) is 26.8 Å². The average Bonchev–Trinajstić information content (AvgIpc) is 3.67. The number of hydrogen-bond donors (Lipinski definition) is 0. The van der Waals surface area contributed by atoms with Crippen molar-refractivity contribution >= 4 is 29.7 Å². The molecule has 5 rings (SSSR count). The summed E-state index contributed by atoms with van der Waals surface area (Å²) in [4.78, 5) is 64.1. The minimum absolute atomic E-state index is 0.128. The maximum absolute atomic E-state index is 13.1. The van der Waals surface area contributed by atoms with Crippen molar-refractivity contribution in [1.29, 1.82) is 0 Å². The van der Waals surface area contributed by atoms with Crippen molar-refractivity contribution < 1.29 is 52.4 Å². The van der Waals surface area contributed by atoms with E-state index in [9.17, 15) is 24.0 Å². The number of ketones is 1. The fraction of sp³-hybridized carbons (Fsp3) is 0.750. The van der Waals surface area contributed by atoms with Crippen LogP contribution in [0.25, 0.3) is 0 Å². The molecule has 1 spiro atoms. The van der Waals surface area contributed by atoms with Gasteiger partial charge < -0.3 is 28.4 Å². The first kappa shape index (κ1) is 27.8. The van der Waals surface area contributed by atoms with Gasteiger partial charge >= 0.3 is 23.9 Å². The lowest BCUT2D eigenvalue weighted by Crippen LogP contribution is -2.63.